The van der Waals surface area contributed by atoms with E-state index in [1.54, 1.807) is 12.1 Å². The predicted octanol–water partition coefficient (Wildman–Crippen LogP) is 1.80. The molecule has 0 saturated carbocycles. The first-order valence-electron chi connectivity index (χ1n) is 4.74. The molecule has 0 saturated heterocycles. The van der Waals surface area contributed by atoms with Gasteiger partial charge in [-0.15, -0.1) is 11.3 Å². The molecule has 0 aromatic carbocycles. The maximum atomic E-state index is 12.8. The largest absolute Gasteiger partial charge is 0.480 e. The minimum Gasteiger partial charge on any atom is -0.480 e. The second-order valence-corrected chi connectivity index (χ2v) is 4.41. The Hall–Kier alpha value is -1.95. The van der Waals surface area contributed by atoms with Crippen molar-refractivity contribution in [2.45, 2.75) is 6.54 Å². The summed E-state index contributed by atoms with van der Waals surface area (Å²) in [5, 5.41) is 8.25. The lowest BCUT2D eigenvalue weighted by Crippen LogP contribution is -2.22. The first kappa shape index (κ1) is 11.5. The smallest absolute Gasteiger partial charge is 0.323 e. The normalized spacial score (nSPS) is 10.4. The van der Waals surface area contributed by atoms with Crippen LogP contribution in [0, 0.1) is 5.13 Å². The number of rotatable bonds is 3. The maximum absolute atomic E-state index is 12.8. The molecule has 17 heavy (non-hydrogen) atoms. The third kappa shape index (κ3) is 2.59. The fourth-order valence-corrected chi connectivity index (χ4v) is 2.13. The number of aromatic nitrogens is 1. The van der Waals surface area contributed by atoms with Crippen LogP contribution in [0.4, 0.5) is 4.39 Å². The van der Waals surface area contributed by atoms with E-state index in [4.69, 9.17) is 5.11 Å². The molecule has 2 aromatic heterocycles. The number of carbonyl (C=O) groups is 1. The zero-order chi connectivity index (χ0) is 12.4. The molecule has 0 aliphatic heterocycles. The van der Waals surface area contributed by atoms with E-state index in [2.05, 4.69) is 0 Å². The summed E-state index contributed by atoms with van der Waals surface area (Å²) >= 11 is 0.938. The molecule has 0 unspecified atom stereocenters. The van der Waals surface area contributed by atoms with Crippen LogP contribution in [-0.2, 0) is 11.3 Å². The number of pyridine rings is 1. The van der Waals surface area contributed by atoms with Crippen LogP contribution in [0.3, 0.4) is 0 Å². The molecular formula is C11H8FNO3S. The summed E-state index contributed by atoms with van der Waals surface area (Å²) in [4.78, 5) is 22.7. The number of hydrogen-bond donors (Lipinski definition) is 1. The Kier molecular flexibility index (Phi) is 3.06. The third-order valence-corrected chi connectivity index (χ3v) is 3.08. The lowest BCUT2D eigenvalue weighted by molar-refractivity contribution is -0.137. The van der Waals surface area contributed by atoms with E-state index in [9.17, 15) is 14.0 Å². The number of carboxylic acid groups (broad SMARTS) is 1. The highest BCUT2D eigenvalue weighted by molar-refractivity contribution is 7.13. The van der Waals surface area contributed by atoms with Crippen LogP contribution in [0.5, 0.6) is 0 Å². The molecule has 0 aliphatic rings. The molecule has 6 heteroatoms. The summed E-state index contributed by atoms with van der Waals surface area (Å²) < 4.78 is 13.9. The number of nitrogens with zero attached hydrogens (tertiary/aromatic N) is 1. The first-order valence-corrected chi connectivity index (χ1v) is 5.56. The van der Waals surface area contributed by atoms with E-state index >= 15 is 0 Å². The van der Waals surface area contributed by atoms with Crippen molar-refractivity contribution in [3.05, 3.63) is 45.9 Å². The highest BCUT2D eigenvalue weighted by Gasteiger charge is 2.06. The molecule has 0 bridgehead atoms. The van der Waals surface area contributed by atoms with Crippen molar-refractivity contribution < 1.29 is 14.3 Å². The van der Waals surface area contributed by atoms with Gasteiger partial charge in [0.2, 0.25) is 0 Å². The van der Waals surface area contributed by atoms with Gasteiger partial charge in [0, 0.05) is 17.1 Å². The van der Waals surface area contributed by atoms with Crippen molar-refractivity contribution in [2.24, 2.45) is 0 Å². The van der Waals surface area contributed by atoms with Gasteiger partial charge in [0.05, 0.1) is 0 Å². The number of aliphatic carboxylic acids is 1. The molecule has 2 heterocycles. The van der Waals surface area contributed by atoms with Crippen molar-refractivity contribution in [3.8, 4) is 10.4 Å². The van der Waals surface area contributed by atoms with Crippen molar-refractivity contribution >= 4 is 17.3 Å². The van der Waals surface area contributed by atoms with Gasteiger partial charge in [0.25, 0.3) is 5.56 Å². The van der Waals surface area contributed by atoms with Gasteiger partial charge < -0.3 is 9.67 Å². The summed E-state index contributed by atoms with van der Waals surface area (Å²) in [5.41, 5.74) is 0.171. The topological polar surface area (TPSA) is 59.3 Å². The standard InChI is InChI=1S/C11H8FNO3S/c12-9-2-1-8(17-9)7-3-4-13(6-11(15)16)10(14)5-7/h1-5H,6H2,(H,15,16). The van der Waals surface area contributed by atoms with Crippen LogP contribution < -0.4 is 5.56 Å². The Morgan fingerprint density at radius 3 is 2.71 bits per heavy atom. The average molecular weight is 253 g/mol. The molecule has 0 amide bonds. The second kappa shape index (κ2) is 4.50. The van der Waals surface area contributed by atoms with E-state index in [0.29, 0.717) is 10.4 Å². The fourth-order valence-electron chi connectivity index (χ4n) is 1.41. The Balaban J connectivity index is 2.37. The van der Waals surface area contributed by atoms with Gasteiger partial charge in [-0.1, -0.05) is 0 Å². The molecule has 0 atom stereocenters. The molecule has 0 spiro atoms. The van der Waals surface area contributed by atoms with E-state index in [1.807, 2.05) is 0 Å². The van der Waals surface area contributed by atoms with Gasteiger partial charge in [-0.05, 0) is 23.8 Å². The lowest BCUT2D eigenvalue weighted by atomic mass is 10.2. The molecule has 4 nitrogen and oxygen atoms in total. The Labute approximate surface area is 99.6 Å². The van der Waals surface area contributed by atoms with Gasteiger partial charge in [-0.3, -0.25) is 9.59 Å². The van der Waals surface area contributed by atoms with Gasteiger partial charge in [-0.2, -0.15) is 4.39 Å². The monoisotopic (exact) mass is 253 g/mol. The molecule has 2 rings (SSSR count). The minimum atomic E-state index is -1.08. The van der Waals surface area contributed by atoms with Crippen molar-refractivity contribution in [3.63, 3.8) is 0 Å². The van der Waals surface area contributed by atoms with E-state index in [1.165, 1.54) is 18.3 Å². The van der Waals surface area contributed by atoms with Gasteiger partial charge in [-0.25, -0.2) is 0 Å². The van der Waals surface area contributed by atoms with Crippen molar-refractivity contribution in [2.75, 3.05) is 0 Å². The van der Waals surface area contributed by atoms with Gasteiger partial charge in [0.1, 0.15) is 6.54 Å². The summed E-state index contributed by atoms with van der Waals surface area (Å²) in [6.07, 6.45) is 1.39. The average Bonchev–Trinajstić information content (AvgIpc) is 2.67. The minimum absolute atomic E-state index is 0.324. The van der Waals surface area contributed by atoms with E-state index in [-0.39, 0.29) is 11.7 Å². The summed E-state index contributed by atoms with van der Waals surface area (Å²) in [5.74, 6) is -1.08. The molecule has 0 fully saturated rings. The van der Waals surface area contributed by atoms with Crippen LogP contribution in [0.15, 0.2) is 35.3 Å². The van der Waals surface area contributed by atoms with Crippen LogP contribution in [0.25, 0.3) is 10.4 Å². The van der Waals surface area contributed by atoms with Crippen LogP contribution >= 0.6 is 11.3 Å². The zero-order valence-corrected chi connectivity index (χ0v) is 9.41. The number of hydrogen-bond acceptors (Lipinski definition) is 3. The van der Waals surface area contributed by atoms with E-state index in [0.717, 1.165) is 15.9 Å². The van der Waals surface area contributed by atoms with Crippen LogP contribution in [-0.4, -0.2) is 15.6 Å². The summed E-state index contributed by atoms with van der Waals surface area (Å²) in [7, 11) is 0. The van der Waals surface area contributed by atoms with Crippen molar-refractivity contribution in [1.82, 2.24) is 4.57 Å². The quantitative estimate of drug-likeness (QED) is 0.907. The summed E-state index contributed by atoms with van der Waals surface area (Å²) in [6, 6.07) is 5.79. The molecule has 0 aliphatic carbocycles. The Bertz CT molecular complexity index is 617. The highest BCUT2D eigenvalue weighted by Crippen LogP contribution is 2.25. The van der Waals surface area contributed by atoms with Crippen LogP contribution in [0.2, 0.25) is 0 Å². The van der Waals surface area contributed by atoms with Crippen molar-refractivity contribution in [1.29, 1.82) is 0 Å². The molecule has 2 aromatic rings. The Morgan fingerprint density at radius 1 is 1.41 bits per heavy atom. The molecule has 1 N–H and O–H groups in total. The predicted molar refractivity (Wildman–Crippen MR) is 61.6 cm³/mol. The lowest BCUT2D eigenvalue weighted by Gasteiger charge is -2.02. The van der Waals surface area contributed by atoms with Gasteiger partial charge in [0.15, 0.2) is 5.13 Å². The second-order valence-electron chi connectivity index (χ2n) is 3.38. The number of halogens is 1. The van der Waals surface area contributed by atoms with Gasteiger partial charge >= 0.3 is 5.97 Å². The first-order chi connectivity index (χ1) is 8.06. The van der Waals surface area contributed by atoms with E-state index < -0.39 is 11.5 Å². The molecular weight excluding hydrogens is 245 g/mol. The molecule has 88 valence electrons. The zero-order valence-electron chi connectivity index (χ0n) is 8.59. The Morgan fingerprint density at radius 2 is 2.18 bits per heavy atom. The SMILES string of the molecule is O=C(O)Cn1ccc(-c2ccc(F)s2)cc1=O. The molecule has 0 radical (unpaired) electrons. The highest BCUT2D eigenvalue weighted by atomic mass is 32.1. The fraction of sp³-hybridized carbons (Fsp3) is 0.0909. The third-order valence-electron chi connectivity index (χ3n) is 2.16. The maximum Gasteiger partial charge on any atom is 0.323 e. The van der Waals surface area contributed by atoms with Crippen LogP contribution in [0.1, 0.15) is 0 Å². The number of carboxylic acids is 1. The summed E-state index contributed by atoms with van der Waals surface area (Å²) in [6.45, 7) is -0.377. The number of thiophene rings is 1.